The van der Waals surface area contributed by atoms with Crippen LogP contribution in [0.3, 0.4) is 0 Å². The molecule has 3 heteroatoms. The summed E-state index contributed by atoms with van der Waals surface area (Å²) in [4.78, 5) is 24.6. The highest BCUT2D eigenvalue weighted by atomic mass is 16.4. The van der Waals surface area contributed by atoms with Gasteiger partial charge in [-0.2, -0.15) is 0 Å². The second-order valence-electron chi connectivity index (χ2n) is 12.7. The van der Waals surface area contributed by atoms with Crippen LogP contribution in [-0.4, -0.2) is 16.9 Å². The Bertz CT molecular complexity index is 1360. The van der Waals surface area contributed by atoms with E-state index in [4.69, 9.17) is 5.11 Å². The van der Waals surface area contributed by atoms with Crippen LogP contribution in [0.4, 0.5) is 0 Å². The molecule has 0 saturated heterocycles. The van der Waals surface area contributed by atoms with Crippen molar-refractivity contribution in [3.63, 3.8) is 0 Å². The molecule has 0 unspecified atom stereocenters. The van der Waals surface area contributed by atoms with Crippen LogP contribution < -0.4 is 0 Å². The molecule has 0 fully saturated rings. The van der Waals surface area contributed by atoms with Crippen LogP contribution in [0.2, 0.25) is 0 Å². The summed E-state index contributed by atoms with van der Waals surface area (Å²) in [5.74, 6) is -1.02. The van der Waals surface area contributed by atoms with Crippen LogP contribution in [0.1, 0.15) is 104 Å². The molecule has 1 aliphatic carbocycles. The quantitative estimate of drug-likeness (QED) is 0.285. The SMILES string of the molecule is CC(C)(C)c1ccc(-c2cc(C(=O)/C=C\c3ccc(C(=O)O)cc3)cc3c2C(C)(C)CCC3(C)C)cc1. The Kier molecular flexibility index (Phi) is 6.79. The largest absolute Gasteiger partial charge is 0.478 e. The van der Waals surface area contributed by atoms with E-state index in [-0.39, 0.29) is 27.6 Å². The first-order valence-corrected chi connectivity index (χ1v) is 13.0. The van der Waals surface area contributed by atoms with Crippen LogP contribution in [0.5, 0.6) is 0 Å². The molecule has 0 spiro atoms. The molecular weight excluding hydrogens is 456 g/mol. The zero-order valence-corrected chi connectivity index (χ0v) is 23.1. The van der Waals surface area contributed by atoms with Crippen LogP contribution in [-0.2, 0) is 16.2 Å². The van der Waals surface area contributed by atoms with Gasteiger partial charge in [0.05, 0.1) is 5.56 Å². The van der Waals surface area contributed by atoms with E-state index in [1.807, 2.05) is 0 Å². The van der Waals surface area contributed by atoms with Crippen molar-refractivity contribution < 1.29 is 14.7 Å². The van der Waals surface area contributed by atoms with E-state index in [2.05, 4.69) is 84.9 Å². The molecule has 192 valence electrons. The minimum absolute atomic E-state index is 0.00614. The van der Waals surface area contributed by atoms with Gasteiger partial charge in [0, 0.05) is 5.56 Å². The molecule has 3 aromatic rings. The van der Waals surface area contributed by atoms with Gasteiger partial charge in [0.2, 0.25) is 0 Å². The zero-order chi connectivity index (χ0) is 27.2. The smallest absolute Gasteiger partial charge is 0.335 e. The van der Waals surface area contributed by atoms with E-state index in [0.717, 1.165) is 29.5 Å². The Morgan fingerprint density at radius 1 is 0.811 bits per heavy atom. The fourth-order valence-electron chi connectivity index (χ4n) is 5.31. The molecule has 0 radical (unpaired) electrons. The summed E-state index contributed by atoms with van der Waals surface area (Å²) in [5.41, 5.74) is 7.90. The molecule has 0 aliphatic heterocycles. The fraction of sp³-hybridized carbons (Fsp3) is 0.353. The third-order valence-corrected chi connectivity index (χ3v) is 7.85. The first kappa shape index (κ1) is 26.6. The summed E-state index contributed by atoms with van der Waals surface area (Å²) in [6.07, 6.45) is 5.50. The molecule has 0 saturated carbocycles. The monoisotopic (exact) mass is 494 g/mol. The predicted molar refractivity (Wildman–Crippen MR) is 153 cm³/mol. The van der Waals surface area contributed by atoms with Gasteiger partial charge in [-0.15, -0.1) is 0 Å². The second kappa shape index (κ2) is 9.45. The zero-order valence-electron chi connectivity index (χ0n) is 23.1. The van der Waals surface area contributed by atoms with Crippen molar-refractivity contribution in [1.29, 1.82) is 0 Å². The Hall–Kier alpha value is -3.46. The van der Waals surface area contributed by atoms with Gasteiger partial charge in [0.15, 0.2) is 5.78 Å². The van der Waals surface area contributed by atoms with E-state index in [1.54, 1.807) is 36.4 Å². The van der Waals surface area contributed by atoms with E-state index in [1.165, 1.54) is 16.7 Å². The molecule has 37 heavy (non-hydrogen) atoms. The third kappa shape index (κ3) is 5.46. The van der Waals surface area contributed by atoms with Crippen molar-refractivity contribution in [3.05, 3.63) is 100 Å². The number of fused-ring (bicyclic) bond motifs is 1. The summed E-state index contributed by atoms with van der Waals surface area (Å²) in [5, 5.41) is 9.12. The van der Waals surface area contributed by atoms with Crippen LogP contribution >= 0.6 is 0 Å². The van der Waals surface area contributed by atoms with Gasteiger partial charge in [-0.25, -0.2) is 4.79 Å². The minimum Gasteiger partial charge on any atom is -0.478 e. The molecule has 0 amide bonds. The van der Waals surface area contributed by atoms with Gasteiger partial charge in [-0.05, 0) is 92.8 Å². The fourth-order valence-corrected chi connectivity index (χ4v) is 5.31. The molecule has 0 aromatic heterocycles. The van der Waals surface area contributed by atoms with E-state index in [0.29, 0.717) is 5.56 Å². The van der Waals surface area contributed by atoms with E-state index < -0.39 is 5.97 Å². The molecule has 3 nitrogen and oxygen atoms in total. The number of carboxylic acid groups (broad SMARTS) is 1. The Morgan fingerprint density at radius 3 is 1.97 bits per heavy atom. The van der Waals surface area contributed by atoms with Gasteiger partial charge < -0.3 is 5.11 Å². The highest BCUT2D eigenvalue weighted by molar-refractivity contribution is 6.08. The number of hydrogen-bond acceptors (Lipinski definition) is 2. The number of allylic oxidation sites excluding steroid dienone is 1. The van der Waals surface area contributed by atoms with Gasteiger partial charge in [-0.3, -0.25) is 4.79 Å². The number of carboxylic acids is 1. The summed E-state index contributed by atoms with van der Waals surface area (Å²) in [6, 6.07) is 19.5. The first-order chi connectivity index (χ1) is 17.2. The molecule has 0 heterocycles. The normalized spacial score (nSPS) is 16.4. The summed E-state index contributed by atoms with van der Waals surface area (Å²) in [7, 11) is 0. The number of carbonyl (C=O) groups excluding carboxylic acids is 1. The van der Waals surface area contributed by atoms with Gasteiger partial charge in [0.25, 0.3) is 0 Å². The average molecular weight is 495 g/mol. The minimum atomic E-state index is -0.964. The van der Waals surface area contributed by atoms with Crippen molar-refractivity contribution in [1.82, 2.24) is 0 Å². The molecule has 3 aromatic carbocycles. The summed E-state index contributed by atoms with van der Waals surface area (Å²) < 4.78 is 0. The maximum atomic E-state index is 13.4. The van der Waals surface area contributed by atoms with E-state index in [9.17, 15) is 9.59 Å². The number of ketones is 1. The lowest BCUT2D eigenvalue weighted by molar-refractivity contribution is 0.0696. The predicted octanol–water partition coefficient (Wildman–Crippen LogP) is 8.59. The highest BCUT2D eigenvalue weighted by Crippen LogP contribution is 2.50. The van der Waals surface area contributed by atoms with Crippen LogP contribution in [0.25, 0.3) is 17.2 Å². The van der Waals surface area contributed by atoms with Crippen molar-refractivity contribution in [3.8, 4) is 11.1 Å². The van der Waals surface area contributed by atoms with Gasteiger partial charge >= 0.3 is 5.97 Å². The lowest BCUT2D eigenvalue weighted by Crippen LogP contribution is -2.34. The molecule has 1 N–H and O–H groups in total. The van der Waals surface area contributed by atoms with Crippen molar-refractivity contribution in [2.24, 2.45) is 0 Å². The topological polar surface area (TPSA) is 54.4 Å². The Labute approximate surface area is 221 Å². The number of hydrogen-bond donors (Lipinski definition) is 1. The van der Waals surface area contributed by atoms with Crippen molar-refractivity contribution >= 4 is 17.8 Å². The van der Waals surface area contributed by atoms with Crippen molar-refractivity contribution in [2.75, 3.05) is 0 Å². The maximum absolute atomic E-state index is 13.4. The van der Waals surface area contributed by atoms with Gasteiger partial charge in [-0.1, -0.05) is 90.9 Å². The Balaban J connectivity index is 1.81. The van der Waals surface area contributed by atoms with Gasteiger partial charge in [0.1, 0.15) is 0 Å². The molecule has 0 bridgehead atoms. The number of carbonyl (C=O) groups is 2. The average Bonchev–Trinajstić information content (AvgIpc) is 2.84. The first-order valence-electron chi connectivity index (χ1n) is 13.0. The second-order valence-corrected chi connectivity index (χ2v) is 12.7. The molecule has 0 atom stereocenters. The standard InChI is InChI=1S/C34H38O3/c1-32(2,3)26-15-13-23(14-16-26)27-20-25(21-28-30(27)34(6,7)19-18-33(28,4)5)29(35)17-10-22-8-11-24(12-9-22)31(36)37/h8-17,20-21H,18-19H2,1-7H3,(H,36,37)/b17-10-. The number of benzene rings is 3. The summed E-state index contributed by atoms with van der Waals surface area (Å²) in [6.45, 7) is 15.8. The highest BCUT2D eigenvalue weighted by Gasteiger charge is 2.39. The molecular formula is C34H38O3. The lowest BCUT2D eigenvalue weighted by atomic mass is 9.61. The third-order valence-electron chi connectivity index (χ3n) is 7.85. The maximum Gasteiger partial charge on any atom is 0.335 e. The molecule has 4 rings (SSSR count). The van der Waals surface area contributed by atoms with E-state index >= 15 is 0 Å². The van der Waals surface area contributed by atoms with Crippen molar-refractivity contribution in [2.45, 2.75) is 77.6 Å². The Morgan fingerprint density at radius 2 is 1.41 bits per heavy atom. The lowest BCUT2D eigenvalue weighted by Gasteiger charge is -2.43. The number of aromatic carboxylic acids is 1. The van der Waals surface area contributed by atoms with Crippen LogP contribution in [0, 0.1) is 0 Å². The number of rotatable bonds is 5. The molecule has 1 aliphatic rings. The summed E-state index contributed by atoms with van der Waals surface area (Å²) >= 11 is 0. The van der Waals surface area contributed by atoms with Crippen LogP contribution in [0.15, 0.2) is 66.7 Å².